The lowest BCUT2D eigenvalue weighted by molar-refractivity contribution is -0.148. The number of aromatic nitrogens is 2. The Bertz CT molecular complexity index is 494. The van der Waals surface area contributed by atoms with E-state index in [4.69, 9.17) is 5.11 Å². The zero-order valence-electron chi connectivity index (χ0n) is 12.5. The number of hydrogen-bond acceptors (Lipinski definition) is 4. The van der Waals surface area contributed by atoms with Gasteiger partial charge >= 0.3 is 5.97 Å². The van der Waals surface area contributed by atoms with Crippen molar-refractivity contribution in [1.82, 2.24) is 14.7 Å². The summed E-state index contributed by atoms with van der Waals surface area (Å²) in [7, 11) is 1.60. The molecule has 20 heavy (non-hydrogen) atoms. The largest absolute Gasteiger partial charge is 0.480 e. The Morgan fingerprint density at radius 2 is 2.10 bits per heavy atom. The highest BCUT2D eigenvalue weighted by Gasteiger charge is 2.33. The molecule has 0 saturated carbocycles. The van der Waals surface area contributed by atoms with Crippen molar-refractivity contribution in [3.8, 4) is 0 Å². The normalized spacial score (nSPS) is 11.9. The Labute approximate surface area is 118 Å². The van der Waals surface area contributed by atoms with Crippen LogP contribution in [0.3, 0.4) is 0 Å². The Hall–Kier alpha value is -1.89. The van der Waals surface area contributed by atoms with Gasteiger partial charge in [0.2, 0.25) is 5.91 Å². The minimum Gasteiger partial charge on any atom is -0.480 e. The fourth-order valence-electron chi connectivity index (χ4n) is 1.58. The van der Waals surface area contributed by atoms with E-state index in [1.54, 1.807) is 37.8 Å². The van der Waals surface area contributed by atoms with Crippen molar-refractivity contribution in [3.05, 3.63) is 12.3 Å². The van der Waals surface area contributed by atoms with E-state index in [9.17, 15) is 9.59 Å². The number of hydrogen-bond donors (Lipinski definition) is 2. The Kier molecular flexibility index (Phi) is 4.88. The van der Waals surface area contributed by atoms with Crippen molar-refractivity contribution in [3.63, 3.8) is 0 Å². The average molecular weight is 282 g/mol. The third-order valence-electron chi connectivity index (χ3n) is 3.29. The van der Waals surface area contributed by atoms with Gasteiger partial charge in [-0.05, 0) is 34.7 Å². The van der Waals surface area contributed by atoms with Crippen LogP contribution in [0.4, 0.5) is 5.82 Å². The first-order valence-electron chi connectivity index (χ1n) is 6.44. The number of likely N-dealkylation sites (N-methyl/N-ethyl adjacent to an activating group) is 1. The molecule has 0 atom stereocenters. The fourth-order valence-corrected chi connectivity index (χ4v) is 1.58. The summed E-state index contributed by atoms with van der Waals surface area (Å²) in [5.74, 6) is -0.643. The third kappa shape index (κ3) is 3.57. The molecular formula is C13H22N4O3. The third-order valence-corrected chi connectivity index (χ3v) is 3.29. The first-order chi connectivity index (χ1) is 9.16. The summed E-state index contributed by atoms with van der Waals surface area (Å²) in [5.41, 5.74) is -1.10. The van der Waals surface area contributed by atoms with Gasteiger partial charge in [0.15, 0.2) is 0 Å². The number of carbonyl (C=O) groups is 2. The van der Waals surface area contributed by atoms with Gasteiger partial charge in [0.05, 0.1) is 12.7 Å². The second-order valence-corrected chi connectivity index (χ2v) is 5.52. The second kappa shape index (κ2) is 6.04. The summed E-state index contributed by atoms with van der Waals surface area (Å²) >= 11 is 0. The van der Waals surface area contributed by atoms with Crippen LogP contribution < -0.4 is 5.32 Å². The molecule has 0 aliphatic heterocycles. The number of carboxylic acid groups (broad SMARTS) is 1. The average Bonchev–Trinajstić information content (AvgIpc) is 2.76. The van der Waals surface area contributed by atoms with Crippen LogP contribution >= 0.6 is 0 Å². The predicted octanol–water partition coefficient (Wildman–Crippen LogP) is 1.20. The number of nitrogens with one attached hydrogen (secondary N) is 1. The van der Waals surface area contributed by atoms with Gasteiger partial charge in [-0.2, -0.15) is 5.10 Å². The molecule has 1 amide bonds. The highest BCUT2D eigenvalue weighted by Crippen LogP contribution is 2.15. The van der Waals surface area contributed by atoms with Gasteiger partial charge in [0.25, 0.3) is 0 Å². The van der Waals surface area contributed by atoms with Crippen LogP contribution in [0.15, 0.2) is 12.3 Å². The monoisotopic (exact) mass is 282 g/mol. The molecule has 7 nitrogen and oxygen atoms in total. The molecule has 1 aromatic heterocycles. The van der Waals surface area contributed by atoms with Gasteiger partial charge in [-0.1, -0.05) is 0 Å². The number of anilines is 1. The molecule has 7 heteroatoms. The van der Waals surface area contributed by atoms with E-state index in [1.807, 2.05) is 13.8 Å². The first-order valence-corrected chi connectivity index (χ1v) is 6.44. The number of amides is 1. The van der Waals surface area contributed by atoms with Crippen LogP contribution in [0, 0.1) is 0 Å². The number of carbonyl (C=O) groups excluding carboxylic acids is 1. The lowest BCUT2D eigenvalue weighted by atomic mass is 10.0. The van der Waals surface area contributed by atoms with Crippen molar-refractivity contribution in [2.24, 2.45) is 0 Å². The summed E-state index contributed by atoms with van der Waals surface area (Å²) in [6.07, 6.45) is 1.61. The van der Waals surface area contributed by atoms with E-state index >= 15 is 0 Å². The summed E-state index contributed by atoms with van der Waals surface area (Å²) in [4.78, 5) is 24.6. The first kappa shape index (κ1) is 16.2. The maximum atomic E-state index is 12.0. The van der Waals surface area contributed by atoms with Crippen LogP contribution in [0.1, 0.15) is 33.7 Å². The minimum atomic E-state index is -1.10. The number of carboxylic acids is 1. The number of nitrogens with zero attached hydrogens (tertiary/aromatic N) is 3. The van der Waals surface area contributed by atoms with Gasteiger partial charge < -0.3 is 10.4 Å². The molecule has 0 fully saturated rings. The molecule has 0 bridgehead atoms. The van der Waals surface area contributed by atoms with E-state index in [-0.39, 0.29) is 18.5 Å². The van der Waals surface area contributed by atoms with Crippen molar-refractivity contribution in [2.45, 2.75) is 39.3 Å². The van der Waals surface area contributed by atoms with E-state index in [0.29, 0.717) is 5.82 Å². The van der Waals surface area contributed by atoms with Crippen LogP contribution in [-0.2, 0) is 9.59 Å². The zero-order chi connectivity index (χ0) is 15.5. The highest BCUT2D eigenvalue weighted by atomic mass is 16.4. The highest BCUT2D eigenvalue weighted by molar-refractivity contribution is 5.92. The molecule has 1 aromatic rings. The van der Waals surface area contributed by atoms with Gasteiger partial charge in [0, 0.05) is 12.1 Å². The maximum absolute atomic E-state index is 12.0. The van der Waals surface area contributed by atoms with Crippen molar-refractivity contribution >= 4 is 17.7 Å². The number of aliphatic carboxylic acids is 1. The summed E-state index contributed by atoms with van der Waals surface area (Å²) in [6.45, 7) is 7.02. The van der Waals surface area contributed by atoms with Gasteiger partial charge in [-0.15, -0.1) is 0 Å². The molecule has 1 rings (SSSR count). The molecule has 2 N–H and O–H groups in total. The zero-order valence-corrected chi connectivity index (χ0v) is 12.5. The SMILES string of the molecule is CC(C)n1nccc1NC(=O)CN(C)C(C)(C)C(=O)O. The smallest absolute Gasteiger partial charge is 0.323 e. The van der Waals surface area contributed by atoms with E-state index in [0.717, 1.165) is 0 Å². The molecule has 0 aliphatic rings. The van der Waals surface area contributed by atoms with Crippen LogP contribution in [0.25, 0.3) is 0 Å². The summed E-state index contributed by atoms with van der Waals surface area (Å²) in [6, 6.07) is 1.84. The van der Waals surface area contributed by atoms with Crippen LogP contribution in [0.5, 0.6) is 0 Å². The molecule has 112 valence electrons. The Balaban J connectivity index is 2.69. The summed E-state index contributed by atoms with van der Waals surface area (Å²) in [5, 5.41) is 16.0. The fraction of sp³-hybridized carbons (Fsp3) is 0.615. The van der Waals surface area contributed by atoms with Crippen LogP contribution in [0.2, 0.25) is 0 Å². The lowest BCUT2D eigenvalue weighted by Crippen LogP contribution is -2.50. The molecular weight excluding hydrogens is 260 g/mol. The lowest BCUT2D eigenvalue weighted by Gasteiger charge is -2.30. The molecule has 0 saturated heterocycles. The molecule has 1 heterocycles. The number of rotatable bonds is 6. The topological polar surface area (TPSA) is 87.5 Å². The Morgan fingerprint density at radius 3 is 2.60 bits per heavy atom. The standard InChI is InChI=1S/C13H22N4O3/c1-9(2)17-10(6-7-14-17)15-11(18)8-16(5)13(3,4)12(19)20/h6-7,9H,8H2,1-5H3,(H,15,18)(H,19,20). The van der Waals surface area contributed by atoms with Gasteiger partial charge in [-0.3, -0.25) is 14.5 Å². The quantitative estimate of drug-likeness (QED) is 0.818. The second-order valence-electron chi connectivity index (χ2n) is 5.52. The molecule has 0 aromatic carbocycles. The van der Waals surface area contributed by atoms with Crippen molar-refractivity contribution < 1.29 is 14.7 Å². The molecule has 0 radical (unpaired) electrons. The Morgan fingerprint density at radius 1 is 1.50 bits per heavy atom. The molecule has 0 aliphatic carbocycles. The summed E-state index contributed by atoms with van der Waals surface area (Å²) < 4.78 is 1.69. The van der Waals surface area contributed by atoms with E-state index in [2.05, 4.69) is 10.4 Å². The molecule has 0 unspecified atom stereocenters. The predicted molar refractivity (Wildman–Crippen MR) is 75.6 cm³/mol. The maximum Gasteiger partial charge on any atom is 0.323 e. The van der Waals surface area contributed by atoms with Gasteiger partial charge in [-0.25, -0.2) is 4.68 Å². The van der Waals surface area contributed by atoms with Crippen LogP contribution in [-0.4, -0.2) is 50.8 Å². The molecule has 0 spiro atoms. The minimum absolute atomic E-state index is 0.0113. The van der Waals surface area contributed by atoms with Gasteiger partial charge in [0.1, 0.15) is 11.4 Å². The van der Waals surface area contributed by atoms with E-state index in [1.165, 1.54) is 4.90 Å². The van der Waals surface area contributed by atoms with Crippen molar-refractivity contribution in [1.29, 1.82) is 0 Å². The van der Waals surface area contributed by atoms with Crippen molar-refractivity contribution in [2.75, 3.05) is 18.9 Å². The van der Waals surface area contributed by atoms with E-state index < -0.39 is 11.5 Å².